The summed E-state index contributed by atoms with van der Waals surface area (Å²) in [6.45, 7) is 0.810. The van der Waals surface area contributed by atoms with Gasteiger partial charge in [0, 0.05) is 25.9 Å². The summed E-state index contributed by atoms with van der Waals surface area (Å²) in [4.78, 5) is 11.3. The fourth-order valence-corrected chi connectivity index (χ4v) is 2.38. The van der Waals surface area contributed by atoms with Crippen LogP contribution in [-0.2, 0) is 13.6 Å². The van der Waals surface area contributed by atoms with E-state index in [0.717, 1.165) is 18.2 Å². The van der Waals surface area contributed by atoms with Crippen LogP contribution in [-0.4, -0.2) is 4.57 Å². The zero-order valence-corrected chi connectivity index (χ0v) is 11.1. The first-order valence-corrected chi connectivity index (χ1v) is 6.72. The van der Waals surface area contributed by atoms with Crippen molar-refractivity contribution in [1.29, 1.82) is 0 Å². The van der Waals surface area contributed by atoms with Crippen molar-refractivity contribution >= 4 is 5.69 Å². The van der Waals surface area contributed by atoms with Crippen molar-refractivity contribution in [2.45, 2.75) is 25.3 Å². The van der Waals surface area contributed by atoms with Crippen LogP contribution >= 0.6 is 0 Å². The normalized spacial score (nSPS) is 14.4. The highest BCUT2D eigenvalue weighted by Crippen LogP contribution is 2.41. The van der Waals surface area contributed by atoms with E-state index >= 15 is 0 Å². The Morgan fingerprint density at radius 1 is 1.21 bits per heavy atom. The lowest BCUT2D eigenvalue weighted by Gasteiger charge is -2.11. The fraction of sp³-hybridized carbons (Fsp3) is 0.312. The zero-order valence-electron chi connectivity index (χ0n) is 11.1. The Morgan fingerprint density at radius 3 is 2.74 bits per heavy atom. The van der Waals surface area contributed by atoms with Crippen molar-refractivity contribution < 1.29 is 0 Å². The van der Waals surface area contributed by atoms with Gasteiger partial charge in [-0.1, -0.05) is 24.3 Å². The number of nitrogens with zero attached hydrogens (tertiary/aromatic N) is 1. The van der Waals surface area contributed by atoms with Gasteiger partial charge in [0.25, 0.3) is 0 Å². The van der Waals surface area contributed by atoms with Crippen LogP contribution in [0.4, 0.5) is 5.69 Å². The van der Waals surface area contributed by atoms with Crippen molar-refractivity contribution in [2.24, 2.45) is 7.05 Å². The number of benzene rings is 1. The largest absolute Gasteiger partial charge is 0.380 e. The summed E-state index contributed by atoms with van der Waals surface area (Å²) in [5.74, 6) is 0.762. The number of pyridine rings is 1. The Balaban J connectivity index is 1.75. The summed E-state index contributed by atoms with van der Waals surface area (Å²) in [7, 11) is 1.77. The average Bonchev–Trinajstić information content (AvgIpc) is 3.25. The summed E-state index contributed by atoms with van der Waals surface area (Å²) in [5, 5.41) is 3.39. The van der Waals surface area contributed by atoms with E-state index in [9.17, 15) is 4.79 Å². The molecule has 19 heavy (non-hydrogen) atoms. The molecule has 0 aliphatic heterocycles. The number of rotatable bonds is 4. The van der Waals surface area contributed by atoms with Crippen LogP contribution < -0.4 is 10.9 Å². The van der Waals surface area contributed by atoms with Gasteiger partial charge in [0.2, 0.25) is 5.56 Å². The first kappa shape index (κ1) is 12.0. The molecule has 1 aromatic carbocycles. The lowest BCUT2D eigenvalue weighted by atomic mass is 10.0. The Kier molecular flexibility index (Phi) is 3.11. The topological polar surface area (TPSA) is 34.0 Å². The van der Waals surface area contributed by atoms with E-state index in [0.29, 0.717) is 0 Å². The molecule has 0 bridgehead atoms. The minimum atomic E-state index is 0.0175. The summed E-state index contributed by atoms with van der Waals surface area (Å²) in [5.41, 5.74) is 3.83. The summed E-state index contributed by atoms with van der Waals surface area (Å²) in [6, 6.07) is 12.0. The molecule has 1 N–H and O–H groups in total. The first-order valence-electron chi connectivity index (χ1n) is 6.72. The van der Waals surface area contributed by atoms with Crippen LogP contribution in [0.5, 0.6) is 0 Å². The van der Waals surface area contributed by atoms with Gasteiger partial charge in [-0.05, 0) is 36.0 Å². The molecule has 0 saturated heterocycles. The van der Waals surface area contributed by atoms with E-state index in [4.69, 9.17) is 0 Å². The molecule has 0 spiro atoms. The molecular weight excluding hydrogens is 236 g/mol. The number of hydrogen-bond donors (Lipinski definition) is 1. The summed E-state index contributed by atoms with van der Waals surface area (Å²) < 4.78 is 1.59. The highest BCUT2D eigenvalue weighted by atomic mass is 16.1. The molecule has 0 atom stereocenters. The molecule has 2 aromatic rings. The molecule has 0 unspecified atom stereocenters. The summed E-state index contributed by atoms with van der Waals surface area (Å²) in [6.07, 6.45) is 4.47. The lowest BCUT2D eigenvalue weighted by molar-refractivity contribution is 0.859. The zero-order chi connectivity index (χ0) is 13.2. The quantitative estimate of drug-likeness (QED) is 0.910. The predicted octanol–water partition coefficient (Wildman–Crippen LogP) is 2.87. The van der Waals surface area contributed by atoms with E-state index in [-0.39, 0.29) is 5.56 Å². The van der Waals surface area contributed by atoms with Gasteiger partial charge in [0.05, 0.1) is 5.69 Å². The summed E-state index contributed by atoms with van der Waals surface area (Å²) >= 11 is 0. The van der Waals surface area contributed by atoms with E-state index in [1.807, 2.05) is 12.3 Å². The monoisotopic (exact) mass is 254 g/mol. The molecule has 1 aliphatic carbocycles. The third-order valence-electron chi connectivity index (χ3n) is 3.64. The second-order valence-electron chi connectivity index (χ2n) is 5.19. The van der Waals surface area contributed by atoms with Gasteiger partial charge in [-0.15, -0.1) is 0 Å². The van der Waals surface area contributed by atoms with Crippen molar-refractivity contribution in [3.05, 3.63) is 64.1 Å². The maximum absolute atomic E-state index is 11.3. The standard InChI is InChI=1S/C16H18N2O/c1-18-11-14(8-9-16(18)19)17-10-13-4-2-3-5-15(13)12-6-7-12/h2-5,8-9,11-12,17H,6-7,10H2,1H3. The lowest BCUT2D eigenvalue weighted by Crippen LogP contribution is -2.15. The molecule has 0 radical (unpaired) electrons. The second kappa shape index (κ2) is 4.92. The minimum Gasteiger partial charge on any atom is -0.380 e. The van der Waals surface area contributed by atoms with Crippen molar-refractivity contribution in [1.82, 2.24) is 4.57 Å². The molecule has 0 amide bonds. The van der Waals surface area contributed by atoms with Crippen LogP contribution in [0, 0.1) is 0 Å². The van der Waals surface area contributed by atoms with E-state index in [1.54, 1.807) is 17.7 Å². The Bertz CT molecular complexity index is 641. The second-order valence-corrected chi connectivity index (χ2v) is 5.19. The average molecular weight is 254 g/mol. The van der Waals surface area contributed by atoms with Gasteiger partial charge in [-0.2, -0.15) is 0 Å². The van der Waals surface area contributed by atoms with Gasteiger partial charge in [-0.3, -0.25) is 4.79 Å². The van der Waals surface area contributed by atoms with E-state index in [1.165, 1.54) is 24.0 Å². The van der Waals surface area contributed by atoms with Crippen LogP contribution in [0.25, 0.3) is 0 Å². The maximum atomic E-state index is 11.3. The molecule has 1 aliphatic rings. The Labute approximate surface area is 112 Å². The molecular formula is C16H18N2O. The van der Waals surface area contributed by atoms with Crippen LogP contribution in [0.1, 0.15) is 29.9 Å². The molecule has 1 aromatic heterocycles. The van der Waals surface area contributed by atoms with Crippen LogP contribution in [0.15, 0.2) is 47.4 Å². The highest BCUT2D eigenvalue weighted by Gasteiger charge is 2.25. The maximum Gasteiger partial charge on any atom is 0.250 e. The molecule has 98 valence electrons. The molecule has 3 rings (SSSR count). The fourth-order valence-electron chi connectivity index (χ4n) is 2.38. The Morgan fingerprint density at radius 2 is 2.00 bits per heavy atom. The molecule has 3 nitrogen and oxygen atoms in total. The minimum absolute atomic E-state index is 0.0175. The number of aromatic nitrogens is 1. The van der Waals surface area contributed by atoms with E-state index in [2.05, 4.69) is 29.6 Å². The van der Waals surface area contributed by atoms with Crippen molar-refractivity contribution in [3.63, 3.8) is 0 Å². The third-order valence-corrected chi connectivity index (χ3v) is 3.64. The number of anilines is 1. The van der Waals surface area contributed by atoms with Gasteiger partial charge in [0.1, 0.15) is 0 Å². The number of hydrogen-bond acceptors (Lipinski definition) is 2. The smallest absolute Gasteiger partial charge is 0.250 e. The number of aryl methyl sites for hydroxylation is 1. The third kappa shape index (κ3) is 2.70. The first-order chi connectivity index (χ1) is 9.24. The van der Waals surface area contributed by atoms with Crippen LogP contribution in [0.3, 0.4) is 0 Å². The SMILES string of the molecule is Cn1cc(NCc2ccccc2C2CC2)ccc1=O. The molecule has 1 heterocycles. The Hall–Kier alpha value is -2.03. The number of nitrogens with one attached hydrogen (secondary N) is 1. The van der Waals surface area contributed by atoms with E-state index < -0.39 is 0 Å². The van der Waals surface area contributed by atoms with Gasteiger partial charge < -0.3 is 9.88 Å². The van der Waals surface area contributed by atoms with Crippen molar-refractivity contribution in [2.75, 3.05) is 5.32 Å². The van der Waals surface area contributed by atoms with Gasteiger partial charge in [-0.25, -0.2) is 0 Å². The highest BCUT2D eigenvalue weighted by molar-refractivity contribution is 5.43. The molecule has 3 heteroatoms. The molecule has 1 saturated carbocycles. The molecule has 1 fully saturated rings. The predicted molar refractivity (Wildman–Crippen MR) is 77.4 cm³/mol. The van der Waals surface area contributed by atoms with Gasteiger partial charge >= 0.3 is 0 Å². The van der Waals surface area contributed by atoms with Crippen LogP contribution in [0.2, 0.25) is 0 Å². The van der Waals surface area contributed by atoms with Crippen molar-refractivity contribution in [3.8, 4) is 0 Å². The van der Waals surface area contributed by atoms with Gasteiger partial charge in [0.15, 0.2) is 0 Å².